The number of nitrogens with one attached hydrogen (secondary N) is 2. The van der Waals surface area contributed by atoms with Crippen molar-refractivity contribution in [2.45, 2.75) is 6.18 Å². The number of hydrogen-bond donors (Lipinski definition) is 2. The Morgan fingerprint density at radius 3 is 2.50 bits per heavy atom. The lowest BCUT2D eigenvalue weighted by molar-refractivity contribution is -0.136. The van der Waals surface area contributed by atoms with Crippen LogP contribution < -0.4 is 20.1 Å². The second kappa shape index (κ2) is 7.26. The first-order chi connectivity index (χ1) is 13.5. The Hall–Kier alpha value is -3.49. The molecule has 0 amide bonds. The Bertz CT molecular complexity index is 995. The number of fused-ring (bicyclic) bond motifs is 1. The molecule has 0 unspecified atom stereocenters. The molecule has 2 aromatic carbocycles. The zero-order chi connectivity index (χ0) is 19.6. The summed E-state index contributed by atoms with van der Waals surface area (Å²) >= 11 is 0. The molecule has 28 heavy (non-hydrogen) atoms. The maximum absolute atomic E-state index is 13.1. The largest absolute Gasteiger partial charge is 0.486 e. The van der Waals surface area contributed by atoms with E-state index >= 15 is 0 Å². The first-order valence-electron chi connectivity index (χ1n) is 8.42. The van der Waals surface area contributed by atoms with E-state index in [2.05, 4.69) is 20.6 Å². The Kier molecular flexibility index (Phi) is 4.64. The van der Waals surface area contributed by atoms with Gasteiger partial charge in [-0.3, -0.25) is 0 Å². The van der Waals surface area contributed by atoms with Gasteiger partial charge in [0.2, 0.25) is 5.95 Å². The molecule has 9 heteroatoms. The first-order valence-corrected chi connectivity index (χ1v) is 8.42. The predicted octanol–water partition coefficient (Wildman–Crippen LogP) is 4.75. The smallest absolute Gasteiger partial charge is 0.418 e. The van der Waals surface area contributed by atoms with Gasteiger partial charge in [0.1, 0.15) is 19.0 Å². The Morgan fingerprint density at radius 1 is 0.893 bits per heavy atom. The van der Waals surface area contributed by atoms with Gasteiger partial charge in [-0.25, -0.2) is 4.98 Å². The van der Waals surface area contributed by atoms with Crippen molar-refractivity contribution in [2.24, 2.45) is 0 Å². The second-order valence-electron chi connectivity index (χ2n) is 5.92. The van der Waals surface area contributed by atoms with Crippen LogP contribution in [0.1, 0.15) is 5.56 Å². The fourth-order valence-electron chi connectivity index (χ4n) is 2.72. The molecule has 0 atom stereocenters. The Morgan fingerprint density at radius 2 is 1.68 bits per heavy atom. The molecule has 0 bridgehead atoms. The van der Waals surface area contributed by atoms with Gasteiger partial charge in [0.15, 0.2) is 11.5 Å². The number of anilines is 4. The number of rotatable bonds is 4. The zero-order valence-corrected chi connectivity index (χ0v) is 14.5. The summed E-state index contributed by atoms with van der Waals surface area (Å²) in [7, 11) is 0. The number of hydrogen-bond acceptors (Lipinski definition) is 6. The highest BCUT2D eigenvalue weighted by atomic mass is 19.4. The second-order valence-corrected chi connectivity index (χ2v) is 5.92. The average Bonchev–Trinajstić information content (AvgIpc) is 2.68. The van der Waals surface area contributed by atoms with Crippen molar-refractivity contribution in [1.29, 1.82) is 0 Å². The average molecular weight is 388 g/mol. The van der Waals surface area contributed by atoms with Crippen LogP contribution in [0.15, 0.2) is 54.7 Å². The van der Waals surface area contributed by atoms with Crippen LogP contribution in [0, 0.1) is 0 Å². The van der Waals surface area contributed by atoms with E-state index in [0.29, 0.717) is 36.2 Å². The number of alkyl halides is 3. The van der Waals surface area contributed by atoms with Crippen LogP contribution in [0.3, 0.4) is 0 Å². The number of para-hydroxylation sites is 1. The lowest BCUT2D eigenvalue weighted by Crippen LogP contribution is -2.15. The van der Waals surface area contributed by atoms with E-state index in [1.54, 1.807) is 24.3 Å². The molecule has 1 aliphatic rings. The summed E-state index contributed by atoms with van der Waals surface area (Å²) in [6.07, 6.45) is -3.03. The highest BCUT2D eigenvalue weighted by Crippen LogP contribution is 2.36. The highest BCUT2D eigenvalue weighted by Gasteiger charge is 2.33. The van der Waals surface area contributed by atoms with Crippen LogP contribution >= 0.6 is 0 Å². The maximum Gasteiger partial charge on any atom is 0.418 e. The molecule has 1 aliphatic heterocycles. The normalized spacial score (nSPS) is 13.1. The number of halogens is 3. The van der Waals surface area contributed by atoms with Gasteiger partial charge < -0.3 is 20.1 Å². The molecule has 0 radical (unpaired) electrons. The summed E-state index contributed by atoms with van der Waals surface area (Å²) in [5, 5.41) is 5.70. The monoisotopic (exact) mass is 388 g/mol. The molecular weight excluding hydrogens is 373 g/mol. The molecule has 3 aromatic rings. The number of aromatic nitrogens is 2. The summed E-state index contributed by atoms with van der Waals surface area (Å²) in [5.74, 6) is 1.73. The lowest BCUT2D eigenvalue weighted by Gasteiger charge is -2.19. The minimum absolute atomic E-state index is 0.0410. The standard InChI is InChI=1S/C19H15F3N4O2/c20-19(21,22)13-3-1-2-4-14(13)25-18-23-8-7-17(26-18)24-12-5-6-15-16(11-12)28-10-9-27-15/h1-8,11H,9-10H2,(H2,23,24,25,26). The van der Waals surface area contributed by atoms with Gasteiger partial charge in [0, 0.05) is 18.0 Å². The van der Waals surface area contributed by atoms with E-state index in [0.717, 1.165) is 6.07 Å². The minimum atomic E-state index is -4.48. The van der Waals surface area contributed by atoms with Gasteiger partial charge in [-0.2, -0.15) is 18.2 Å². The molecule has 0 saturated heterocycles. The Labute approximate surface area is 158 Å². The molecule has 4 rings (SSSR count). The molecule has 0 saturated carbocycles. The van der Waals surface area contributed by atoms with Gasteiger partial charge in [-0.1, -0.05) is 12.1 Å². The van der Waals surface area contributed by atoms with E-state index in [1.807, 2.05) is 0 Å². The zero-order valence-electron chi connectivity index (χ0n) is 14.5. The fourth-order valence-corrected chi connectivity index (χ4v) is 2.72. The van der Waals surface area contributed by atoms with Gasteiger partial charge in [-0.15, -0.1) is 0 Å². The van der Waals surface area contributed by atoms with Crippen LogP contribution in [0.4, 0.5) is 36.3 Å². The summed E-state index contributed by atoms with van der Waals surface area (Å²) in [6, 6.07) is 12.1. The van der Waals surface area contributed by atoms with Crippen molar-refractivity contribution in [2.75, 3.05) is 23.8 Å². The van der Waals surface area contributed by atoms with Crippen LogP contribution in [0.25, 0.3) is 0 Å². The van der Waals surface area contributed by atoms with Crippen molar-refractivity contribution < 1.29 is 22.6 Å². The topological polar surface area (TPSA) is 68.3 Å². The molecule has 2 heterocycles. The van der Waals surface area contributed by atoms with Crippen LogP contribution in [0.2, 0.25) is 0 Å². The van der Waals surface area contributed by atoms with Crippen LogP contribution in [-0.4, -0.2) is 23.2 Å². The molecule has 6 nitrogen and oxygen atoms in total. The van der Waals surface area contributed by atoms with Gasteiger partial charge in [0.25, 0.3) is 0 Å². The molecule has 0 spiro atoms. The van der Waals surface area contributed by atoms with Crippen LogP contribution in [-0.2, 0) is 6.18 Å². The number of benzene rings is 2. The SMILES string of the molecule is FC(F)(F)c1ccccc1Nc1nccc(Nc2ccc3c(c2)OCCO3)n1. The Balaban J connectivity index is 1.54. The highest BCUT2D eigenvalue weighted by molar-refractivity contribution is 5.64. The van der Waals surface area contributed by atoms with Crippen molar-refractivity contribution in [1.82, 2.24) is 9.97 Å². The summed E-state index contributed by atoms with van der Waals surface area (Å²) in [5.41, 5.74) is -0.208. The molecule has 1 aromatic heterocycles. The molecule has 0 fully saturated rings. The van der Waals surface area contributed by atoms with E-state index in [4.69, 9.17) is 9.47 Å². The quantitative estimate of drug-likeness (QED) is 0.672. The number of nitrogens with zero attached hydrogens (tertiary/aromatic N) is 2. The molecule has 144 valence electrons. The van der Waals surface area contributed by atoms with Crippen molar-refractivity contribution >= 4 is 23.1 Å². The third kappa shape index (κ3) is 3.93. The van der Waals surface area contributed by atoms with Gasteiger partial charge >= 0.3 is 6.18 Å². The predicted molar refractivity (Wildman–Crippen MR) is 97.5 cm³/mol. The van der Waals surface area contributed by atoms with E-state index < -0.39 is 11.7 Å². The minimum Gasteiger partial charge on any atom is -0.486 e. The summed E-state index contributed by atoms with van der Waals surface area (Å²) < 4.78 is 50.4. The van der Waals surface area contributed by atoms with Gasteiger partial charge in [-0.05, 0) is 30.3 Å². The van der Waals surface area contributed by atoms with Gasteiger partial charge in [0.05, 0.1) is 11.3 Å². The van der Waals surface area contributed by atoms with E-state index in [9.17, 15) is 13.2 Å². The third-order valence-electron chi connectivity index (χ3n) is 3.95. The molecule has 2 N–H and O–H groups in total. The number of ether oxygens (including phenoxy) is 2. The van der Waals surface area contributed by atoms with Crippen molar-refractivity contribution in [3.05, 3.63) is 60.3 Å². The molecule has 0 aliphatic carbocycles. The fraction of sp³-hybridized carbons (Fsp3) is 0.158. The first kappa shape index (κ1) is 17.9. The van der Waals surface area contributed by atoms with Crippen molar-refractivity contribution in [3.8, 4) is 11.5 Å². The molecular formula is C19H15F3N4O2. The lowest BCUT2D eigenvalue weighted by atomic mass is 10.1. The summed E-state index contributed by atoms with van der Waals surface area (Å²) in [4.78, 5) is 8.22. The van der Waals surface area contributed by atoms with Crippen LogP contribution in [0.5, 0.6) is 11.5 Å². The van der Waals surface area contributed by atoms with E-state index in [-0.39, 0.29) is 11.6 Å². The maximum atomic E-state index is 13.1. The van der Waals surface area contributed by atoms with Crippen molar-refractivity contribution in [3.63, 3.8) is 0 Å². The third-order valence-corrected chi connectivity index (χ3v) is 3.95. The summed E-state index contributed by atoms with van der Waals surface area (Å²) in [6.45, 7) is 0.969. The van der Waals surface area contributed by atoms with E-state index in [1.165, 1.54) is 24.4 Å².